The van der Waals surface area contributed by atoms with Crippen LogP contribution in [0.1, 0.15) is 23.7 Å². The number of aromatic nitrogens is 3. The van der Waals surface area contributed by atoms with E-state index in [1.54, 1.807) is 41.2 Å². The van der Waals surface area contributed by atoms with Gasteiger partial charge in [-0.2, -0.15) is 0 Å². The van der Waals surface area contributed by atoms with E-state index in [1.807, 2.05) is 48.9 Å². The number of fused-ring (bicyclic) bond motifs is 1. The van der Waals surface area contributed by atoms with Crippen LogP contribution in [0.3, 0.4) is 0 Å². The molecule has 1 aromatic carbocycles. The van der Waals surface area contributed by atoms with E-state index in [9.17, 15) is 4.79 Å². The van der Waals surface area contributed by atoms with Crippen LogP contribution in [0.5, 0.6) is 0 Å². The van der Waals surface area contributed by atoms with Crippen molar-refractivity contribution in [2.24, 2.45) is 0 Å². The molecule has 0 saturated carbocycles. The summed E-state index contributed by atoms with van der Waals surface area (Å²) in [6.45, 7) is 5.66. The maximum Gasteiger partial charge on any atom is 0.230 e. The molecule has 0 spiro atoms. The molecule has 0 N–H and O–H groups in total. The summed E-state index contributed by atoms with van der Waals surface area (Å²) in [5.41, 5.74) is 5.03. The summed E-state index contributed by atoms with van der Waals surface area (Å²) >= 11 is 4.78. The van der Waals surface area contributed by atoms with Gasteiger partial charge in [0, 0.05) is 18.1 Å². The predicted molar refractivity (Wildman–Crippen MR) is 118 cm³/mol. The molecule has 0 bridgehead atoms. The largest absolute Gasteiger partial charge is 0.274 e. The van der Waals surface area contributed by atoms with Gasteiger partial charge in [-0.25, -0.2) is 15.0 Å². The molecule has 8 heteroatoms. The Labute approximate surface area is 175 Å². The highest BCUT2D eigenvalue weighted by molar-refractivity contribution is 7.98. The Kier molecular flexibility index (Phi) is 5.43. The summed E-state index contributed by atoms with van der Waals surface area (Å²) in [7, 11) is 0. The third-order valence-corrected chi connectivity index (χ3v) is 7.37. The first kappa shape index (κ1) is 19.0. The summed E-state index contributed by atoms with van der Waals surface area (Å²) in [6, 6.07) is 7.99. The summed E-state index contributed by atoms with van der Waals surface area (Å²) in [5.74, 6) is 0.650. The first-order valence-corrected chi connectivity index (χ1v) is 11.4. The van der Waals surface area contributed by atoms with Crippen molar-refractivity contribution >= 4 is 61.4 Å². The second-order valence-electron chi connectivity index (χ2n) is 6.30. The van der Waals surface area contributed by atoms with E-state index < -0.39 is 0 Å². The van der Waals surface area contributed by atoms with Gasteiger partial charge in [-0.1, -0.05) is 23.9 Å². The molecule has 0 aliphatic rings. The van der Waals surface area contributed by atoms with E-state index in [-0.39, 0.29) is 5.91 Å². The first-order chi connectivity index (χ1) is 13.5. The van der Waals surface area contributed by atoms with Gasteiger partial charge in [0.25, 0.3) is 0 Å². The number of thioether (sulfide) groups is 1. The predicted octanol–water partition coefficient (Wildman–Crippen LogP) is 5.74. The fraction of sp³-hybridized carbons (Fsp3) is 0.200. The molecule has 0 fully saturated rings. The highest BCUT2D eigenvalue weighted by Crippen LogP contribution is 2.35. The number of hydrogen-bond acceptors (Lipinski definition) is 7. The molecule has 4 aromatic rings. The number of amides is 1. The van der Waals surface area contributed by atoms with E-state index >= 15 is 0 Å². The van der Waals surface area contributed by atoms with E-state index in [4.69, 9.17) is 4.98 Å². The zero-order chi connectivity index (χ0) is 19.7. The third-order valence-electron chi connectivity index (χ3n) is 4.43. The van der Waals surface area contributed by atoms with Crippen LogP contribution in [-0.2, 0) is 10.5 Å². The van der Waals surface area contributed by atoms with E-state index in [0.717, 1.165) is 37.8 Å². The van der Waals surface area contributed by atoms with Crippen LogP contribution >= 0.6 is 34.4 Å². The quantitative estimate of drug-likeness (QED) is 0.301. The van der Waals surface area contributed by atoms with E-state index in [1.165, 1.54) is 11.3 Å². The van der Waals surface area contributed by atoms with Crippen molar-refractivity contribution in [3.63, 3.8) is 0 Å². The molecule has 4 rings (SSSR count). The van der Waals surface area contributed by atoms with Crippen molar-refractivity contribution in [1.82, 2.24) is 15.0 Å². The number of rotatable bonds is 5. The number of aryl methyl sites for hydroxylation is 1. The molecule has 3 heterocycles. The first-order valence-electron chi connectivity index (χ1n) is 8.67. The van der Waals surface area contributed by atoms with Gasteiger partial charge >= 0.3 is 0 Å². The molecular formula is C20H18N4OS3. The van der Waals surface area contributed by atoms with Crippen molar-refractivity contribution in [3.8, 4) is 0 Å². The van der Waals surface area contributed by atoms with Crippen molar-refractivity contribution in [2.45, 2.75) is 31.6 Å². The number of nitrogens with zero attached hydrogens (tertiary/aromatic N) is 4. The second kappa shape index (κ2) is 7.98. The summed E-state index contributed by atoms with van der Waals surface area (Å²) in [6.07, 6.45) is 1.60. The molecule has 0 saturated heterocycles. The average Bonchev–Trinajstić information content (AvgIpc) is 3.33. The van der Waals surface area contributed by atoms with Crippen LogP contribution in [0.15, 0.2) is 46.4 Å². The van der Waals surface area contributed by atoms with Gasteiger partial charge in [0.1, 0.15) is 11.4 Å². The lowest BCUT2D eigenvalue weighted by Crippen LogP contribution is -2.23. The fourth-order valence-electron chi connectivity index (χ4n) is 2.86. The van der Waals surface area contributed by atoms with Crippen LogP contribution < -0.4 is 4.90 Å². The number of benzene rings is 1. The monoisotopic (exact) mass is 426 g/mol. The van der Waals surface area contributed by atoms with Crippen LogP contribution in [0.2, 0.25) is 0 Å². The molecule has 142 valence electrons. The van der Waals surface area contributed by atoms with Crippen LogP contribution in [0, 0.1) is 13.8 Å². The molecule has 0 atom stereocenters. The van der Waals surface area contributed by atoms with Crippen LogP contribution in [0.4, 0.5) is 10.8 Å². The molecule has 28 heavy (non-hydrogen) atoms. The minimum Gasteiger partial charge on any atom is -0.274 e. The minimum atomic E-state index is -0.0432. The Balaban J connectivity index is 1.58. The number of anilines is 2. The van der Waals surface area contributed by atoms with Gasteiger partial charge in [0.05, 0.1) is 21.6 Å². The van der Waals surface area contributed by atoms with E-state index in [2.05, 4.69) is 9.97 Å². The molecule has 3 aromatic heterocycles. The highest BCUT2D eigenvalue weighted by Gasteiger charge is 2.20. The molecule has 1 amide bonds. The Bertz CT molecular complexity index is 1150. The van der Waals surface area contributed by atoms with Gasteiger partial charge in [0.2, 0.25) is 5.91 Å². The van der Waals surface area contributed by atoms with Gasteiger partial charge in [-0.15, -0.1) is 22.7 Å². The van der Waals surface area contributed by atoms with Gasteiger partial charge in [0.15, 0.2) is 5.13 Å². The van der Waals surface area contributed by atoms with Gasteiger partial charge in [-0.3, -0.25) is 9.69 Å². The summed E-state index contributed by atoms with van der Waals surface area (Å²) in [4.78, 5) is 27.5. The van der Waals surface area contributed by atoms with Crippen molar-refractivity contribution in [1.29, 1.82) is 0 Å². The van der Waals surface area contributed by atoms with Crippen molar-refractivity contribution in [3.05, 3.63) is 58.2 Å². The smallest absolute Gasteiger partial charge is 0.230 e. The fourth-order valence-corrected chi connectivity index (χ4v) is 5.69. The molecule has 0 aliphatic carbocycles. The SMILES string of the molecule is CC(=O)N(c1nc(CSc2ncnc3ccsc23)cs1)c1cccc(C)c1C. The number of hydrogen-bond donors (Lipinski definition) is 0. The Morgan fingerprint density at radius 1 is 1.18 bits per heavy atom. The Hall–Kier alpha value is -2.29. The summed E-state index contributed by atoms with van der Waals surface area (Å²) < 4.78 is 1.10. The molecule has 0 unspecified atom stereocenters. The third kappa shape index (κ3) is 3.67. The Morgan fingerprint density at radius 3 is 2.86 bits per heavy atom. The lowest BCUT2D eigenvalue weighted by atomic mass is 10.1. The average molecular weight is 427 g/mol. The second-order valence-corrected chi connectivity index (χ2v) is 9.01. The number of carbonyl (C=O) groups excluding carboxylic acids is 1. The maximum absolute atomic E-state index is 12.4. The van der Waals surface area contributed by atoms with E-state index in [0.29, 0.717) is 10.9 Å². The number of thiophene rings is 1. The standard InChI is InChI=1S/C20H18N4OS3/c1-12-5-4-6-17(13(12)2)24(14(3)25)20-23-15(10-28-20)9-27-19-18-16(7-8-26-18)21-11-22-19/h4-8,10-11H,9H2,1-3H3. The molecular weight excluding hydrogens is 408 g/mol. The van der Waals surface area contributed by atoms with Crippen LogP contribution in [0.25, 0.3) is 10.2 Å². The lowest BCUT2D eigenvalue weighted by Gasteiger charge is -2.21. The normalized spacial score (nSPS) is 11.1. The van der Waals surface area contributed by atoms with Gasteiger partial charge in [-0.05, 0) is 42.5 Å². The zero-order valence-corrected chi connectivity index (χ0v) is 18.1. The Morgan fingerprint density at radius 2 is 2.04 bits per heavy atom. The van der Waals surface area contributed by atoms with Crippen molar-refractivity contribution < 1.29 is 4.79 Å². The highest BCUT2D eigenvalue weighted by atomic mass is 32.2. The minimum absolute atomic E-state index is 0.0432. The molecule has 0 aliphatic heterocycles. The topological polar surface area (TPSA) is 59.0 Å². The van der Waals surface area contributed by atoms with Crippen LogP contribution in [-0.4, -0.2) is 20.9 Å². The van der Waals surface area contributed by atoms with Gasteiger partial charge < -0.3 is 0 Å². The molecule has 5 nitrogen and oxygen atoms in total. The summed E-state index contributed by atoms with van der Waals surface area (Å²) in [5, 5.41) is 5.70. The molecule has 0 radical (unpaired) electrons. The number of carbonyl (C=O) groups is 1. The zero-order valence-electron chi connectivity index (χ0n) is 15.7. The van der Waals surface area contributed by atoms with Crippen molar-refractivity contribution in [2.75, 3.05) is 4.90 Å². The maximum atomic E-state index is 12.4. The number of thiazole rings is 1. The lowest BCUT2D eigenvalue weighted by molar-refractivity contribution is -0.115.